The van der Waals surface area contributed by atoms with Gasteiger partial charge in [-0.25, -0.2) is 0 Å². The Kier molecular flexibility index (Phi) is 3.46. The summed E-state index contributed by atoms with van der Waals surface area (Å²) in [6, 6.07) is 1.52. The van der Waals surface area contributed by atoms with Gasteiger partial charge >= 0.3 is 0 Å². The Morgan fingerprint density at radius 2 is 2.31 bits per heavy atom. The summed E-state index contributed by atoms with van der Waals surface area (Å²) in [5, 5.41) is 10.7. The number of β-amino-alcohol motifs (C(OH)–C–C–N with tert-alkyl or cyclic N) is 1. The number of nitrogens with zero attached hydrogens (tertiary/aromatic N) is 1. The summed E-state index contributed by atoms with van der Waals surface area (Å²) < 4.78 is 24.4. The molecule has 0 aliphatic carbocycles. The van der Waals surface area contributed by atoms with Crippen molar-refractivity contribution in [2.75, 3.05) is 13.1 Å². The fourth-order valence-corrected chi connectivity index (χ4v) is 3.07. The van der Waals surface area contributed by atoms with Crippen LogP contribution in [0.5, 0.6) is 0 Å². The first-order valence-electron chi connectivity index (χ1n) is 4.57. The summed E-state index contributed by atoms with van der Waals surface area (Å²) in [7, 11) is 0. The number of alkyl halides is 2. The number of rotatable bonds is 3. The number of halogens is 2. The van der Waals surface area contributed by atoms with Crippen molar-refractivity contribution in [3.8, 4) is 0 Å². The van der Waals surface area contributed by atoms with E-state index in [1.165, 1.54) is 11.0 Å². The van der Waals surface area contributed by atoms with E-state index in [4.69, 9.17) is 5.11 Å². The van der Waals surface area contributed by atoms with Crippen LogP contribution in [0.2, 0.25) is 0 Å². The molecule has 1 N–H and O–H groups in total. The molecule has 0 saturated carbocycles. The van der Waals surface area contributed by atoms with Crippen LogP contribution < -0.4 is 0 Å². The molecule has 88 valence electrons. The molecule has 0 atom stereocenters. The second kappa shape index (κ2) is 4.68. The molecule has 0 aromatic carbocycles. The van der Waals surface area contributed by atoms with Gasteiger partial charge in [0.05, 0.1) is 6.10 Å². The lowest BCUT2D eigenvalue weighted by atomic mass is 10.1. The predicted molar refractivity (Wildman–Crippen MR) is 58.1 cm³/mol. The average molecular weight is 265 g/mol. The van der Waals surface area contributed by atoms with Crippen molar-refractivity contribution >= 4 is 29.0 Å². The number of likely N-dealkylation sites (tertiary alicyclic amines) is 1. The van der Waals surface area contributed by atoms with E-state index < -0.39 is 11.9 Å². The molecule has 1 amide bonds. The molecule has 3 nitrogen and oxygen atoms in total. The zero-order chi connectivity index (χ0) is 11.7. The molecule has 0 radical (unpaired) electrons. The Hall–Kier alpha value is -0.660. The van der Waals surface area contributed by atoms with E-state index in [0.717, 1.165) is 11.3 Å². The maximum absolute atomic E-state index is 12.2. The Morgan fingerprint density at radius 1 is 1.62 bits per heavy atom. The van der Waals surface area contributed by atoms with E-state index in [1.54, 1.807) is 5.38 Å². The molecule has 16 heavy (non-hydrogen) atoms. The number of aliphatic hydroxyl groups is 1. The van der Waals surface area contributed by atoms with Crippen LogP contribution in [0.25, 0.3) is 0 Å². The van der Waals surface area contributed by atoms with Gasteiger partial charge in [-0.1, -0.05) is 11.8 Å². The summed E-state index contributed by atoms with van der Waals surface area (Å²) in [5.41, 5.74) is 0. The molecule has 1 aromatic rings. The molecule has 1 aliphatic heterocycles. The van der Waals surface area contributed by atoms with Crippen LogP contribution in [0, 0.1) is 0 Å². The van der Waals surface area contributed by atoms with Gasteiger partial charge in [-0.15, -0.1) is 11.3 Å². The quantitative estimate of drug-likeness (QED) is 0.848. The van der Waals surface area contributed by atoms with Gasteiger partial charge in [-0.2, -0.15) is 8.78 Å². The lowest BCUT2D eigenvalue weighted by molar-refractivity contribution is 0.00601. The molecule has 0 spiro atoms. The van der Waals surface area contributed by atoms with Crippen LogP contribution in [0.15, 0.2) is 16.3 Å². The molecule has 2 rings (SSSR count). The summed E-state index contributed by atoms with van der Waals surface area (Å²) >= 11 is 1.53. The van der Waals surface area contributed by atoms with E-state index in [1.807, 2.05) is 0 Å². The predicted octanol–water partition coefficient (Wildman–Crippen LogP) is 1.88. The molecule has 7 heteroatoms. The maximum atomic E-state index is 12.2. The number of hydrogen-bond donors (Lipinski definition) is 1. The monoisotopic (exact) mass is 265 g/mol. The summed E-state index contributed by atoms with van der Waals surface area (Å²) in [5.74, 6) is -2.80. The molecule has 1 saturated heterocycles. The smallest absolute Gasteiger partial charge is 0.288 e. The standard InChI is InChI=1S/C9H9F2NO2S2/c10-9(11)16-6-1-2-15-7(6)8(14)12-3-5(13)4-12/h1-2,5,9,13H,3-4H2. The van der Waals surface area contributed by atoms with Crippen molar-refractivity contribution in [1.82, 2.24) is 4.90 Å². The lowest BCUT2D eigenvalue weighted by Crippen LogP contribution is -2.53. The van der Waals surface area contributed by atoms with Crippen molar-refractivity contribution < 1.29 is 18.7 Å². The Morgan fingerprint density at radius 3 is 2.88 bits per heavy atom. The fraction of sp³-hybridized carbons (Fsp3) is 0.444. The topological polar surface area (TPSA) is 40.5 Å². The van der Waals surface area contributed by atoms with Gasteiger partial charge in [0, 0.05) is 18.0 Å². The number of hydrogen-bond acceptors (Lipinski definition) is 4. The number of carbonyl (C=O) groups excluding carboxylic acids is 1. The van der Waals surface area contributed by atoms with Gasteiger partial charge in [0.25, 0.3) is 11.7 Å². The van der Waals surface area contributed by atoms with Gasteiger partial charge in [0.1, 0.15) is 4.88 Å². The number of thioether (sulfide) groups is 1. The first kappa shape index (κ1) is 11.8. The third-order valence-electron chi connectivity index (χ3n) is 2.19. The largest absolute Gasteiger partial charge is 0.389 e. The molecule has 0 unspecified atom stereocenters. The van der Waals surface area contributed by atoms with E-state index in [-0.39, 0.29) is 19.0 Å². The van der Waals surface area contributed by atoms with Crippen LogP contribution >= 0.6 is 23.1 Å². The third kappa shape index (κ3) is 2.36. The molecule has 1 aromatic heterocycles. The van der Waals surface area contributed by atoms with Crippen molar-refractivity contribution in [3.05, 3.63) is 16.3 Å². The van der Waals surface area contributed by atoms with Gasteiger partial charge in [-0.05, 0) is 11.4 Å². The first-order valence-corrected chi connectivity index (χ1v) is 6.33. The summed E-state index contributed by atoms with van der Waals surface area (Å²) in [6.45, 7) is 0.574. The Bertz CT molecular complexity index is 391. The van der Waals surface area contributed by atoms with Crippen molar-refractivity contribution in [1.29, 1.82) is 0 Å². The highest BCUT2D eigenvalue weighted by Gasteiger charge is 2.31. The van der Waals surface area contributed by atoms with Crippen molar-refractivity contribution in [2.45, 2.75) is 16.8 Å². The molecule has 2 heterocycles. The fourth-order valence-electron chi connectivity index (χ4n) is 1.41. The Balaban J connectivity index is 2.08. The lowest BCUT2D eigenvalue weighted by Gasteiger charge is -2.35. The van der Waals surface area contributed by atoms with Gasteiger partial charge in [0.15, 0.2) is 0 Å². The second-order valence-corrected chi connectivity index (χ2v) is 5.30. The normalized spacial score (nSPS) is 16.6. The highest BCUT2D eigenvalue weighted by atomic mass is 32.2. The molecular weight excluding hydrogens is 256 g/mol. The highest BCUT2D eigenvalue weighted by Crippen LogP contribution is 2.33. The van der Waals surface area contributed by atoms with Crippen LogP contribution in [0.1, 0.15) is 9.67 Å². The van der Waals surface area contributed by atoms with E-state index >= 15 is 0 Å². The second-order valence-electron chi connectivity index (χ2n) is 3.36. The van der Waals surface area contributed by atoms with Crippen molar-refractivity contribution in [3.63, 3.8) is 0 Å². The summed E-state index contributed by atoms with van der Waals surface area (Å²) in [6.07, 6.45) is -0.477. The number of amides is 1. The van der Waals surface area contributed by atoms with Crippen molar-refractivity contribution in [2.24, 2.45) is 0 Å². The molecule has 1 aliphatic rings. The number of carbonyl (C=O) groups is 1. The molecule has 1 fully saturated rings. The minimum absolute atomic E-state index is 0.275. The van der Waals surface area contributed by atoms with Crippen LogP contribution in [-0.4, -0.2) is 40.9 Å². The minimum atomic E-state index is -2.52. The van der Waals surface area contributed by atoms with Gasteiger partial charge in [-0.3, -0.25) is 4.79 Å². The number of thiophene rings is 1. The highest BCUT2D eigenvalue weighted by molar-refractivity contribution is 7.99. The van der Waals surface area contributed by atoms with Crippen LogP contribution in [-0.2, 0) is 0 Å². The van der Waals surface area contributed by atoms with Crippen LogP contribution in [0.4, 0.5) is 8.78 Å². The molecule has 0 bridgehead atoms. The van der Waals surface area contributed by atoms with E-state index in [2.05, 4.69) is 0 Å². The van der Waals surface area contributed by atoms with Gasteiger partial charge in [0.2, 0.25) is 0 Å². The zero-order valence-corrected chi connectivity index (χ0v) is 9.73. The first-order chi connectivity index (χ1) is 7.58. The third-order valence-corrected chi connectivity index (χ3v) is 3.99. The zero-order valence-electron chi connectivity index (χ0n) is 8.10. The van der Waals surface area contributed by atoms with Gasteiger partial charge < -0.3 is 10.0 Å². The number of aliphatic hydroxyl groups excluding tert-OH is 1. The Labute approximate surface area is 99.1 Å². The SMILES string of the molecule is O=C(c1sccc1SC(F)F)N1CC(O)C1. The van der Waals surface area contributed by atoms with E-state index in [0.29, 0.717) is 21.5 Å². The van der Waals surface area contributed by atoms with Crippen LogP contribution in [0.3, 0.4) is 0 Å². The summed E-state index contributed by atoms with van der Waals surface area (Å²) in [4.78, 5) is 13.9. The maximum Gasteiger partial charge on any atom is 0.288 e. The minimum Gasteiger partial charge on any atom is -0.389 e. The van der Waals surface area contributed by atoms with E-state index in [9.17, 15) is 13.6 Å². The average Bonchev–Trinajstić information content (AvgIpc) is 2.59. The molecular formula is C9H9F2NO2S2.